The van der Waals surface area contributed by atoms with E-state index in [9.17, 15) is 43.2 Å². The fourth-order valence-electron chi connectivity index (χ4n) is 13.4. The summed E-state index contributed by atoms with van der Waals surface area (Å²) in [7, 11) is -9.92. The maximum absolute atomic E-state index is 13.1. The molecule has 0 aromatic heterocycles. The van der Waals surface area contributed by atoms with Crippen molar-refractivity contribution in [1.29, 1.82) is 0 Å². The summed E-state index contributed by atoms with van der Waals surface area (Å²) in [4.78, 5) is 73.1. The monoisotopic (exact) mass is 1540 g/mol. The molecule has 2 unspecified atom stereocenters. The van der Waals surface area contributed by atoms with Crippen molar-refractivity contribution in [3.05, 3.63) is 0 Å². The normalized spacial score (nSPS) is 13.8. The van der Waals surface area contributed by atoms with Gasteiger partial charge in [-0.3, -0.25) is 37.3 Å². The van der Waals surface area contributed by atoms with Crippen molar-refractivity contribution < 1.29 is 80.2 Å². The fraction of sp³-hybridized carbons (Fsp3) is 0.953. The molecule has 0 aliphatic heterocycles. The summed E-state index contributed by atoms with van der Waals surface area (Å²) in [5.41, 5.74) is 0. The van der Waals surface area contributed by atoms with E-state index >= 15 is 0 Å². The van der Waals surface area contributed by atoms with Crippen LogP contribution in [0.2, 0.25) is 0 Å². The van der Waals surface area contributed by atoms with Crippen molar-refractivity contribution in [1.82, 2.24) is 0 Å². The average Bonchev–Trinajstić information content (AvgIpc) is 0.908. The highest BCUT2D eigenvalue weighted by Gasteiger charge is 2.30. The Labute approximate surface area is 645 Å². The Balaban J connectivity index is 5.19. The highest BCUT2D eigenvalue weighted by Crippen LogP contribution is 2.45. The summed E-state index contributed by atoms with van der Waals surface area (Å²) in [5.74, 6) is -0.471. The van der Waals surface area contributed by atoms with Gasteiger partial charge in [-0.15, -0.1) is 0 Å². The lowest BCUT2D eigenvalue weighted by molar-refractivity contribution is -0.161. The van der Waals surface area contributed by atoms with E-state index in [0.29, 0.717) is 25.7 Å². The Kier molecular flexibility index (Phi) is 76.0. The molecule has 0 fully saturated rings. The summed E-state index contributed by atoms with van der Waals surface area (Å²) in [6.07, 6.45) is 69.5. The van der Waals surface area contributed by atoms with Crippen LogP contribution in [0.5, 0.6) is 0 Å². The Bertz CT molecular complexity index is 2010. The lowest BCUT2D eigenvalue weighted by Crippen LogP contribution is -2.30. The molecule has 19 heteroatoms. The maximum atomic E-state index is 13.1. The standard InChI is InChI=1S/C86H168O17P2/c1-7-9-11-13-15-17-18-19-20-23-31-36-41-46-52-58-64-70-85(90)102-81(74-96-83(88)68-62-56-50-16-14-12-10-8-2)76-100-104(92,93)98-72-80(87)73-99-105(94,95)101-77-82(75-97-84(89)69-63-57-51-45-40-35-30-27-26-29-34-39-44-49-55-61-67-79(5)6)103-86(91)71-65-59-53-47-42-37-32-25-22-21-24-28-33-38-43-48-54-60-66-78(3)4/h78-82,87H,7-77H2,1-6H3,(H,92,93)(H,94,95)/t80-,81+,82+/m0/s1. The first-order chi connectivity index (χ1) is 50.9. The number of esters is 4. The number of hydrogen-bond acceptors (Lipinski definition) is 15. The van der Waals surface area contributed by atoms with Crippen molar-refractivity contribution in [3.8, 4) is 0 Å². The van der Waals surface area contributed by atoms with Crippen LogP contribution in [-0.2, 0) is 65.4 Å². The van der Waals surface area contributed by atoms with Gasteiger partial charge in [0.05, 0.1) is 26.4 Å². The number of ether oxygens (including phenoxy) is 4. The van der Waals surface area contributed by atoms with E-state index in [1.165, 1.54) is 270 Å². The minimum Gasteiger partial charge on any atom is -0.462 e. The van der Waals surface area contributed by atoms with Gasteiger partial charge < -0.3 is 33.8 Å². The average molecular weight is 1540 g/mol. The molecule has 5 atom stereocenters. The van der Waals surface area contributed by atoms with Crippen molar-refractivity contribution in [2.24, 2.45) is 11.8 Å². The molecule has 0 aromatic carbocycles. The van der Waals surface area contributed by atoms with E-state index in [1.807, 2.05) is 0 Å². The third kappa shape index (κ3) is 79.9. The van der Waals surface area contributed by atoms with Crippen molar-refractivity contribution >= 4 is 39.5 Å². The molecule has 17 nitrogen and oxygen atoms in total. The van der Waals surface area contributed by atoms with Crippen LogP contribution in [0, 0.1) is 11.8 Å². The summed E-state index contributed by atoms with van der Waals surface area (Å²) in [6.45, 7) is 9.71. The predicted octanol–water partition coefficient (Wildman–Crippen LogP) is 26.2. The quantitative estimate of drug-likeness (QED) is 0.0222. The molecule has 0 spiro atoms. The van der Waals surface area contributed by atoms with Gasteiger partial charge in [0.2, 0.25) is 0 Å². The molecule has 3 N–H and O–H groups in total. The summed E-state index contributed by atoms with van der Waals surface area (Å²) < 4.78 is 68.8. The minimum absolute atomic E-state index is 0.109. The van der Waals surface area contributed by atoms with E-state index in [2.05, 4.69) is 41.5 Å². The first kappa shape index (κ1) is 103. The predicted molar refractivity (Wildman–Crippen MR) is 432 cm³/mol. The van der Waals surface area contributed by atoms with Gasteiger partial charge in [0.1, 0.15) is 19.3 Å². The highest BCUT2D eigenvalue weighted by atomic mass is 31.2. The van der Waals surface area contributed by atoms with Crippen molar-refractivity contribution in [2.45, 2.75) is 477 Å². The van der Waals surface area contributed by atoms with E-state index in [0.717, 1.165) is 108 Å². The van der Waals surface area contributed by atoms with Gasteiger partial charge in [0, 0.05) is 25.7 Å². The van der Waals surface area contributed by atoms with Gasteiger partial charge in [-0.25, -0.2) is 9.13 Å². The zero-order valence-electron chi connectivity index (χ0n) is 69.0. The van der Waals surface area contributed by atoms with Crippen LogP contribution in [0.1, 0.15) is 459 Å². The zero-order chi connectivity index (χ0) is 77.1. The number of aliphatic hydroxyl groups is 1. The van der Waals surface area contributed by atoms with Crippen LogP contribution in [0.4, 0.5) is 0 Å². The van der Waals surface area contributed by atoms with Gasteiger partial charge in [0.15, 0.2) is 12.2 Å². The number of hydrogen-bond donors (Lipinski definition) is 3. The molecule has 105 heavy (non-hydrogen) atoms. The fourth-order valence-corrected chi connectivity index (χ4v) is 15.0. The Morgan fingerprint density at radius 2 is 0.438 bits per heavy atom. The Hall–Kier alpha value is -1.94. The Morgan fingerprint density at radius 1 is 0.257 bits per heavy atom. The maximum Gasteiger partial charge on any atom is 0.472 e. The Morgan fingerprint density at radius 3 is 0.648 bits per heavy atom. The molecule has 0 saturated carbocycles. The van der Waals surface area contributed by atoms with Gasteiger partial charge >= 0.3 is 39.5 Å². The molecule has 0 rings (SSSR count). The van der Waals surface area contributed by atoms with E-state index < -0.39 is 97.5 Å². The molecular weight excluding hydrogens is 1370 g/mol. The number of phosphoric acid groups is 2. The molecule has 624 valence electrons. The lowest BCUT2D eigenvalue weighted by Gasteiger charge is -2.21. The van der Waals surface area contributed by atoms with Crippen LogP contribution >= 0.6 is 15.6 Å². The van der Waals surface area contributed by atoms with E-state index in [1.54, 1.807) is 0 Å². The molecule has 0 radical (unpaired) electrons. The third-order valence-corrected chi connectivity index (χ3v) is 22.1. The lowest BCUT2D eigenvalue weighted by atomic mass is 10.0. The van der Waals surface area contributed by atoms with E-state index in [4.69, 9.17) is 37.0 Å². The van der Waals surface area contributed by atoms with Gasteiger partial charge in [-0.1, -0.05) is 408 Å². The summed E-state index contributed by atoms with van der Waals surface area (Å²) in [6, 6.07) is 0. The summed E-state index contributed by atoms with van der Waals surface area (Å²) >= 11 is 0. The second-order valence-corrected chi connectivity index (χ2v) is 34.8. The van der Waals surface area contributed by atoms with E-state index in [-0.39, 0.29) is 25.7 Å². The van der Waals surface area contributed by atoms with Crippen molar-refractivity contribution in [2.75, 3.05) is 39.6 Å². The smallest absolute Gasteiger partial charge is 0.462 e. The first-order valence-electron chi connectivity index (χ1n) is 44.5. The van der Waals surface area contributed by atoms with Crippen LogP contribution < -0.4 is 0 Å². The first-order valence-corrected chi connectivity index (χ1v) is 47.5. The van der Waals surface area contributed by atoms with Crippen LogP contribution in [0.3, 0.4) is 0 Å². The van der Waals surface area contributed by atoms with Crippen molar-refractivity contribution in [3.63, 3.8) is 0 Å². The van der Waals surface area contributed by atoms with Crippen LogP contribution in [0.15, 0.2) is 0 Å². The molecule has 0 bridgehead atoms. The van der Waals surface area contributed by atoms with Gasteiger partial charge in [0.25, 0.3) is 0 Å². The largest absolute Gasteiger partial charge is 0.472 e. The van der Waals surface area contributed by atoms with Crippen LogP contribution in [-0.4, -0.2) is 96.7 Å². The molecule has 0 aromatic rings. The molecular formula is C86H168O17P2. The SMILES string of the molecule is CCCCCCCCCCCCCCCCCCCC(=O)O[C@H](COC(=O)CCCCCCCCCC)COP(=O)(O)OC[C@H](O)COP(=O)(O)OC[C@@H](COC(=O)CCCCCCCCCCCCCCCCCCC(C)C)OC(=O)CCCCCCCCCCCCCCCCCCCCC(C)C. The number of carbonyl (C=O) groups is 4. The topological polar surface area (TPSA) is 237 Å². The molecule has 0 heterocycles. The number of aliphatic hydroxyl groups excluding tert-OH is 1. The number of carbonyl (C=O) groups excluding carboxylic acids is 4. The summed E-state index contributed by atoms with van der Waals surface area (Å²) in [5, 5.41) is 10.7. The van der Waals surface area contributed by atoms with Gasteiger partial charge in [-0.2, -0.15) is 0 Å². The minimum atomic E-state index is -4.96. The number of phosphoric ester groups is 2. The second kappa shape index (κ2) is 77.4. The highest BCUT2D eigenvalue weighted by molar-refractivity contribution is 7.47. The number of rotatable bonds is 85. The zero-order valence-corrected chi connectivity index (χ0v) is 70.8. The number of unbranched alkanes of at least 4 members (excludes halogenated alkanes) is 55. The molecule has 0 amide bonds. The molecule has 0 aliphatic carbocycles. The molecule has 0 aliphatic rings. The van der Waals surface area contributed by atoms with Crippen LogP contribution in [0.25, 0.3) is 0 Å². The molecule has 0 saturated heterocycles. The third-order valence-electron chi connectivity index (χ3n) is 20.2. The second-order valence-electron chi connectivity index (χ2n) is 31.9. The van der Waals surface area contributed by atoms with Gasteiger partial charge in [-0.05, 0) is 37.5 Å².